The van der Waals surface area contributed by atoms with E-state index in [4.69, 9.17) is 14.2 Å². The number of hydrogen-bond acceptors (Lipinski definition) is 6. The van der Waals surface area contributed by atoms with Gasteiger partial charge in [0.2, 0.25) is 6.79 Å². The summed E-state index contributed by atoms with van der Waals surface area (Å²) >= 11 is 0. The lowest BCUT2D eigenvalue weighted by Crippen LogP contribution is -2.23. The average molecular weight is 388 g/mol. The molecular weight excluding hydrogens is 368 g/mol. The topological polar surface area (TPSA) is 70.5 Å². The fourth-order valence-electron chi connectivity index (χ4n) is 3.82. The molecule has 0 radical (unpaired) electrons. The summed E-state index contributed by atoms with van der Waals surface area (Å²) in [5.41, 5.74) is 2.81. The highest BCUT2D eigenvalue weighted by atomic mass is 16.7. The van der Waals surface area contributed by atoms with Crippen LogP contribution in [0.2, 0.25) is 0 Å². The van der Waals surface area contributed by atoms with Crippen LogP contribution in [0.15, 0.2) is 54.9 Å². The van der Waals surface area contributed by atoms with Crippen LogP contribution in [0.4, 0.5) is 0 Å². The summed E-state index contributed by atoms with van der Waals surface area (Å²) in [4.78, 5) is 22.1. The first kappa shape index (κ1) is 17.7. The van der Waals surface area contributed by atoms with Crippen LogP contribution in [0, 0.1) is 0 Å². The maximum atomic E-state index is 13.1. The SMILES string of the molecule is COc1ccccc1-c1cnc(CC(=O)C2(c3ccc4c(c3)OCO4)CC2)cn1. The molecule has 0 bridgehead atoms. The number of ketones is 1. The van der Waals surface area contributed by atoms with Crippen molar-refractivity contribution in [2.45, 2.75) is 24.7 Å². The minimum Gasteiger partial charge on any atom is -0.496 e. The van der Waals surface area contributed by atoms with Gasteiger partial charge in [0.25, 0.3) is 0 Å². The number of Topliss-reactive ketones (excluding diaryl/α,β-unsaturated/α-hetero) is 1. The molecule has 0 spiro atoms. The summed E-state index contributed by atoms with van der Waals surface area (Å²) in [6, 6.07) is 13.4. The number of hydrogen-bond donors (Lipinski definition) is 0. The predicted molar refractivity (Wildman–Crippen MR) is 106 cm³/mol. The highest BCUT2D eigenvalue weighted by Crippen LogP contribution is 2.51. The van der Waals surface area contributed by atoms with Crippen LogP contribution in [-0.4, -0.2) is 29.7 Å². The van der Waals surface area contributed by atoms with E-state index in [-0.39, 0.29) is 19.0 Å². The number of carbonyl (C=O) groups is 1. The number of methoxy groups -OCH3 is 1. The Morgan fingerprint density at radius 2 is 1.90 bits per heavy atom. The average Bonchev–Trinajstić information content (AvgIpc) is 3.45. The van der Waals surface area contributed by atoms with Crippen molar-refractivity contribution in [2.75, 3.05) is 13.9 Å². The smallest absolute Gasteiger partial charge is 0.231 e. The van der Waals surface area contributed by atoms with Crippen molar-refractivity contribution in [3.05, 3.63) is 66.1 Å². The molecule has 1 aliphatic heterocycles. The Kier molecular flexibility index (Phi) is 4.19. The van der Waals surface area contributed by atoms with Crippen LogP contribution in [0.5, 0.6) is 17.2 Å². The predicted octanol–water partition coefficient (Wildman–Crippen LogP) is 3.72. The lowest BCUT2D eigenvalue weighted by molar-refractivity contribution is -0.120. The Bertz CT molecular complexity index is 1070. The molecule has 2 aromatic carbocycles. The number of para-hydroxylation sites is 1. The normalized spacial score (nSPS) is 15.8. The van der Waals surface area contributed by atoms with E-state index in [0.29, 0.717) is 11.4 Å². The van der Waals surface area contributed by atoms with Crippen molar-refractivity contribution >= 4 is 5.78 Å². The van der Waals surface area contributed by atoms with E-state index in [1.165, 1.54) is 0 Å². The Hall–Kier alpha value is -3.41. The third-order valence-electron chi connectivity index (χ3n) is 5.64. The minimum absolute atomic E-state index is 0.163. The van der Waals surface area contributed by atoms with E-state index >= 15 is 0 Å². The molecule has 6 heteroatoms. The van der Waals surface area contributed by atoms with E-state index < -0.39 is 5.41 Å². The fourth-order valence-corrected chi connectivity index (χ4v) is 3.82. The molecule has 5 rings (SSSR count). The third kappa shape index (κ3) is 3.10. The van der Waals surface area contributed by atoms with Gasteiger partial charge in [-0.1, -0.05) is 18.2 Å². The van der Waals surface area contributed by atoms with Crippen molar-refractivity contribution in [1.29, 1.82) is 0 Å². The lowest BCUT2D eigenvalue weighted by Gasteiger charge is -2.15. The summed E-state index contributed by atoms with van der Waals surface area (Å²) in [6.07, 6.45) is 5.32. The Morgan fingerprint density at radius 3 is 2.66 bits per heavy atom. The highest BCUT2D eigenvalue weighted by Gasteiger charge is 2.51. The molecule has 3 aromatic rings. The number of nitrogens with zero attached hydrogens (tertiary/aromatic N) is 2. The molecule has 1 saturated carbocycles. The van der Waals surface area contributed by atoms with Crippen LogP contribution < -0.4 is 14.2 Å². The number of rotatable bonds is 6. The standard InChI is InChI=1S/C23H20N2O4/c1-27-19-5-3-2-4-17(19)18-13-24-16(12-25-18)11-22(26)23(8-9-23)15-6-7-20-21(10-15)29-14-28-20/h2-7,10,12-13H,8-9,11,14H2,1H3. The van der Waals surface area contributed by atoms with Crippen molar-refractivity contribution in [2.24, 2.45) is 0 Å². The zero-order valence-electron chi connectivity index (χ0n) is 16.1. The Balaban J connectivity index is 1.35. The van der Waals surface area contributed by atoms with E-state index in [0.717, 1.165) is 41.2 Å². The van der Waals surface area contributed by atoms with Crippen LogP contribution in [0.3, 0.4) is 0 Å². The molecule has 146 valence electrons. The van der Waals surface area contributed by atoms with E-state index in [1.807, 2.05) is 42.5 Å². The largest absolute Gasteiger partial charge is 0.496 e. The highest BCUT2D eigenvalue weighted by molar-refractivity contribution is 5.94. The Morgan fingerprint density at radius 1 is 1.07 bits per heavy atom. The number of fused-ring (bicyclic) bond motifs is 1. The van der Waals surface area contributed by atoms with Gasteiger partial charge in [0.05, 0.1) is 36.5 Å². The summed E-state index contributed by atoms with van der Waals surface area (Å²) in [5.74, 6) is 2.35. The molecular formula is C23H20N2O4. The molecule has 0 atom stereocenters. The minimum atomic E-state index is -0.440. The number of benzene rings is 2. The molecule has 2 aliphatic rings. The Labute approximate surface area is 168 Å². The fraction of sp³-hybridized carbons (Fsp3) is 0.261. The van der Waals surface area contributed by atoms with E-state index in [9.17, 15) is 4.79 Å². The van der Waals surface area contributed by atoms with Gasteiger partial charge in [-0.2, -0.15) is 0 Å². The summed E-state index contributed by atoms with van der Waals surface area (Å²) < 4.78 is 16.2. The maximum Gasteiger partial charge on any atom is 0.231 e. The van der Waals surface area contributed by atoms with Gasteiger partial charge >= 0.3 is 0 Å². The van der Waals surface area contributed by atoms with Gasteiger partial charge in [0.15, 0.2) is 11.5 Å². The summed E-state index contributed by atoms with van der Waals surface area (Å²) in [5, 5.41) is 0. The first-order chi connectivity index (χ1) is 14.2. The van der Waals surface area contributed by atoms with Gasteiger partial charge in [0.1, 0.15) is 11.5 Å². The second kappa shape index (κ2) is 6.88. The molecule has 6 nitrogen and oxygen atoms in total. The quantitative estimate of drug-likeness (QED) is 0.641. The lowest BCUT2D eigenvalue weighted by atomic mass is 9.89. The number of carbonyl (C=O) groups excluding carboxylic acids is 1. The molecule has 2 heterocycles. The molecule has 0 N–H and O–H groups in total. The van der Waals surface area contributed by atoms with Crippen LogP contribution in [0.25, 0.3) is 11.3 Å². The van der Waals surface area contributed by atoms with Gasteiger partial charge in [0, 0.05) is 11.8 Å². The van der Waals surface area contributed by atoms with Gasteiger partial charge in [-0.15, -0.1) is 0 Å². The molecule has 1 aromatic heterocycles. The number of aromatic nitrogens is 2. The second-order valence-electron chi connectivity index (χ2n) is 7.34. The third-order valence-corrected chi connectivity index (χ3v) is 5.64. The van der Waals surface area contributed by atoms with Gasteiger partial charge in [-0.05, 0) is 42.7 Å². The van der Waals surface area contributed by atoms with Crippen molar-refractivity contribution < 1.29 is 19.0 Å². The second-order valence-corrected chi connectivity index (χ2v) is 7.34. The van der Waals surface area contributed by atoms with Gasteiger partial charge in [-0.3, -0.25) is 14.8 Å². The van der Waals surface area contributed by atoms with Crippen molar-refractivity contribution in [3.8, 4) is 28.5 Å². The van der Waals surface area contributed by atoms with Crippen LogP contribution >= 0.6 is 0 Å². The molecule has 1 aliphatic carbocycles. The van der Waals surface area contributed by atoms with E-state index in [2.05, 4.69) is 9.97 Å². The zero-order valence-corrected chi connectivity index (χ0v) is 16.1. The molecule has 1 fully saturated rings. The molecule has 0 saturated heterocycles. The zero-order chi connectivity index (χ0) is 19.8. The van der Waals surface area contributed by atoms with Crippen LogP contribution in [0.1, 0.15) is 24.1 Å². The van der Waals surface area contributed by atoms with Gasteiger partial charge in [-0.25, -0.2) is 0 Å². The maximum absolute atomic E-state index is 13.1. The first-order valence-corrected chi connectivity index (χ1v) is 9.57. The van der Waals surface area contributed by atoms with Crippen LogP contribution in [-0.2, 0) is 16.6 Å². The van der Waals surface area contributed by atoms with Gasteiger partial charge < -0.3 is 14.2 Å². The summed E-state index contributed by atoms with van der Waals surface area (Å²) in [6.45, 7) is 0.230. The van der Waals surface area contributed by atoms with E-state index in [1.54, 1.807) is 19.5 Å². The van der Waals surface area contributed by atoms with Crippen molar-refractivity contribution in [1.82, 2.24) is 9.97 Å². The summed E-state index contributed by atoms with van der Waals surface area (Å²) in [7, 11) is 1.63. The number of ether oxygens (including phenoxy) is 3. The molecule has 0 unspecified atom stereocenters. The first-order valence-electron chi connectivity index (χ1n) is 9.57. The monoisotopic (exact) mass is 388 g/mol. The molecule has 29 heavy (non-hydrogen) atoms. The van der Waals surface area contributed by atoms with Crippen molar-refractivity contribution in [3.63, 3.8) is 0 Å². The molecule has 0 amide bonds.